The molecule has 0 amide bonds. The first-order valence-electron chi connectivity index (χ1n) is 5.41. The van der Waals surface area contributed by atoms with Crippen LogP contribution in [-0.2, 0) is 5.75 Å². The maximum atomic E-state index is 10.9. The summed E-state index contributed by atoms with van der Waals surface area (Å²) in [6.45, 7) is 0. The van der Waals surface area contributed by atoms with Gasteiger partial charge in [-0.15, -0.1) is 0 Å². The van der Waals surface area contributed by atoms with Crippen LogP contribution in [0.15, 0.2) is 29.4 Å². The molecule has 9 heteroatoms. The fourth-order valence-corrected chi connectivity index (χ4v) is 2.57. The lowest BCUT2D eigenvalue weighted by atomic mass is 10.2. The first-order chi connectivity index (χ1) is 9.45. The van der Waals surface area contributed by atoms with E-state index in [1.165, 1.54) is 30.0 Å². The number of benzene rings is 1. The van der Waals surface area contributed by atoms with Gasteiger partial charge >= 0.3 is 0 Å². The van der Waals surface area contributed by atoms with Crippen LogP contribution in [0.5, 0.6) is 0 Å². The predicted octanol–water partition coefficient (Wildman–Crippen LogP) is 2.49. The summed E-state index contributed by atoms with van der Waals surface area (Å²) in [4.78, 5) is 18.5. The highest BCUT2D eigenvalue weighted by Gasteiger charge is 2.14. The van der Waals surface area contributed by atoms with Crippen molar-refractivity contribution in [2.45, 2.75) is 10.9 Å². The molecule has 0 fully saturated rings. The van der Waals surface area contributed by atoms with Crippen molar-refractivity contribution in [3.8, 4) is 0 Å². The third-order valence-electron chi connectivity index (χ3n) is 2.34. The third kappa shape index (κ3) is 3.49. The number of hydrogen-bond donors (Lipinski definition) is 2. The van der Waals surface area contributed by atoms with Gasteiger partial charge in [-0.1, -0.05) is 23.4 Å². The summed E-state index contributed by atoms with van der Waals surface area (Å²) in [6.07, 6.45) is 0. The highest BCUT2D eigenvalue weighted by molar-refractivity contribution is 7.98. The molecule has 1 heterocycles. The van der Waals surface area contributed by atoms with E-state index in [1.807, 2.05) is 0 Å². The Balaban J connectivity index is 2.22. The Hall–Kier alpha value is -2.06. The van der Waals surface area contributed by atoms with E-state index in [4.69, 9.17) is 23.1 Å². The Morgan fingerprint density at radius 1 is 1.25 bits per heavy atom. The summed E-state index contributed by atoms with van der Waals surface area (Å²) in [6, 6.07) is 5.82. The number of halogens is 1. The smallest absolute Gasteiger partial charge is 0.273 e. The summed E-state index contributed by atoms with van der Waals surface area (Å²) in [5.41, 5.74) is 11.6. The zero-order valence-electron chi connectivity index (χ0n) is 10.1. The van der Waals surface area contributed by atoms with Gasteiger partial charge in [-0.25, -0.2) is 9.97 Å². The molecule has 0 spiro atoms. The second-order valence-electron chi connectivity index (χ2n) is 3.82. The molecule has 1 aromatic heterocycles. The summed E-state index contributed by atoms with van der Waals surface area (Å²) in [5.74, 6) is 0.793. The number of aromatic nitrogens is 2. The normalized spacial score (nSPS) is 10.4. The average molecular weight is 312 g/mol. The second kappa shape index (κ2) is 5.93. The van der Waals surface area contributed by atoms with Crippen molar-refractivity contribution in [3.05, 3.63) is 45.0 Å². The largest absolute Gasteiger partial charge is 0.383 e. The summed E-state index contributed by atoms with van der Waals surface area (Å²) in [7, 11) is 0. The van der Waals surface area contributed by atoms with Gasteiger partial charge in [0.25, 0.3) is 5.69 Å². The number of nitro groups is 1. The lowest BCUT2D eigenvalue weighted by Gasteiger charge is -2.04. The van der Waals surface area contributed by atoms with Crippen LogP contribution in [0.1, 0.15) is 5.56 Å². The molecule has 20 heavy (non-hydrogen) atoms. The molecule has 0 saturated carbocycles. The quantitative estimate of drug-likeness (QED) is 0.385. The van der Waals surface area contributed by atoms with Gasteiger partial charge in [0.1, 0.15) is 11.6 Å². The number of rotatable bonds is 4. The highest BCUT2D eigenvalue weighted by Crippen LogP contribution is 2.29. The van der Waals surface area contributed by atoms with Crippen molar-refractivity contribution in [3.63, 3.8) is 0 Å². The molecular formula is C11H10ClN5O2S. The number of nitrogen functional groups attached to an aromatic ring is 2. The van der Waals surface area contributed by atoms with Gasteiger partial charge < -0.3 is 11.5 Å². The molecule has 0 aliphatic heterocycles. The zero-order valence-corrected chi connectivity index (χ0v) is 11.7. The molecule has 2 rings (SSSR count). The minimum Gasteiger partial charge on any atom is -0.383 e. The molecule has 0 atom stereocenters. The molecule has 0 saturated heterocycles. The van der Waals surface area contributed by atoms with Gasteiger partial charge in [-0.05, 0) is 12.1 Å². The van der Waals surface area contributed by atoms with E-state index in [0.717, 1.165) is 0 Å². The second-order valence-corrected chi connectivity index (χ2v) is 5.20. The van der Waals surface area contributed by atoms with Crippen molar-refractivity contribution >= 4 is 40.7 Å². The summed E-state index contributed by atoms with van der Waals surface area (Å²) >= 11 is 7.05. The van der Waals surface area contributed by atoms with E-state index in [0.29, 0.717) is 21.5 Å². The number of thioether (sulfide) groups is 1. The van der Waals surface area contributed by atoms with Crippen molar-refractivity contribution < 1.29 is 4.92 Å². The van der Waals surface area contributed by atoms with E-state index in [2.05, 4.69) is 9.97 Å². The fourth-order valence-electron chi connectivity index (χ4n) is 1.52. The van der Waals surface area contributed by atoms with Gasteiger partial charge in [0, 0.05) is 28.5 Å². The maximum Gasteiger partial charge on any atom is 0.273 e. The van der Waals surface area contributed by atoms with Gasteiger partial charge in [-0.2, -0.15) is 0 Å². The molecule has 104 valence electrons. The van der Waals surface area contributed by atoms with Gasteiger partial charge in [0.05, 0.1) is 4.92 Å². The number of hydrogen-bond acceptors (Lipinski definition) is 7. The average Bonchev–Trinajstić information content (AvgIpc) is 2.35. The Morgan fingerprint density at radius 2 is 1.90 bits per heavy atom. The van der Waals surface area contributed by atoms with Crippen LogP contribution >= 0.6 is 23.4 Å². The maximum absolute atomic E-state index is 10.9. The zero-order chi connectivity index (χ0) is 14.7. The molecule has 0 aliphatic rings. The Bertz CT molecular complexity index is 647. The van der Waals surface area contributed by atoms with Gasteiger partial charge in [-0.3, -0.25) is 10.1 Å². The van der Waals surface area contributed by atoms with Crippen LogP contribution in [0.3, 0.4) is 0 Å². The van der Waals surface area contributed by atoms with E-state index in [9.17, 15) is 10.1 Å². The van der Waals surface area contributed by atoms with E-state index in [1.54, 1.807) is 6.07 Å². The molecule has 0 unspecified atom stereocenters. The Kier molecular flexibility index (Phi) is 4.26. The van der Waals surface area contributed by atoms with Crippen LogP contribution < -0.4 is 11.5 Å². The fraction of sp³-hybridized carbons (Fsp3) is 0.0909. The van der Waals surface area contributed by atoms with Crippen LogP contribution in [0.25, 0.3) is 0 Å². The minimum atomic E-state index is -0.458. The van der Waals surface area contributed by atoms with Gasteiger partial charge in [0.15, 0.2) is 5.16 Å². The molecule has 2 aromatic rings. The number of nitrogens with zero attached hydrogens (tertiary/aromatic N) is 3. The van der Waals surface area contributed by atoms with Crippen LogP contribution in [0.4, 0.5) is 17.3 Å². The lowest BCUT2D eigenvalue weighted by molar-refractivity contribution is -0.385. The Morgan fingerprint density at radius 3 is 2.50 bits per heavy atom. The monoisotopic (exact) mass is 311 g/mol. The SMILES string of the molecule is Nc1cc(N)nc(SCc2cc(Cl)ccc2[N+](=O)[O-])n1. The molecule has 1 aromatic carbocycles. The van der Waals surface area contributed by atoms with E-state index in [-0.39, 0.29) is 17.3 Å². The number of nitro benzene ring substituents is 1. The molecule has 0 radical (unpaired) electrons. The third-order valence-corrected chi connectivity index (χ3v) is 3.47. The first-order valence-corrected chi connectivity index (χ1v) is 6.77. The minimum absolute atomic E-state index is 0.00113. The predicted molar refractivity (Wildman–Crippen MR) is 78.5 cm³/mol. The topological polar surface area (TPSA) is 121 Å². The van der Waals surface area contributed by atoms with Gasteiger partial charge in [0.2, 0.25) is 0 Å². The van der Waals surface area contributed by atoms with Crippen molar-refractivity contribution in [1.29, 1.82) is 0 Å². The molecule has 7 nitrogen and oxygen atoms in total. The van der Waals surface area contributed by atoms with Crippen LogP contribution in [0, 0.1) is 10.1 Å². The van der Waals surface area contributed by atoms with Crippen LogP contribution in [0.2, 0.25) is 5.02 Å². The standard InChI is InChI=1S/C11H10ClN5O2S/c12-7-1-2-8(17(18)19)6(3-7)5-20-11-15-9(13)4-10(14)16-11/h1-4H,5H2,(H4,13,14,15,16). The van der Waals surface area contributed by atoms with Crippen molar-refractivity contribution in [2.75, 3.05) is 11.5 Å². The summed E-state index contributed by atoms with van der Waals surface area (Å²) < 4.78 is 0. The Labute approximate surface area is 123 Å². The molecule has 0 aliphatic carbocycles. The van der Waals surface area contributed by atoms with E-state index >= 15 is 0 Å². The molecule has 4 N–H and O–H groups in total. The number of anilines is 2. The van der Waals surface area contributed by atoms with E-state index < -0.39 is 4.92 Å². The summed E-state index contributed by atoms with van der Waals surface area (Å²) in [5, 5.41) is 11.7. The lowest BCUT2D eigenvalue weighted by Crippen LogP contribution is -2.00. The first kappa shape index (κ1) is 14.4. The number of nitrogens with two attached hydrogens (primary N) is 2. The van der Waals surface area contributed by atoms with Crippen molar-refractivity contribution in [2.24, 2.45) is 0 Å². The highest BCUT2D eigenvalue weighted by atomic mass is 35.5. The molecular weight excluding hydrogens is 302 g/mol. The van der Waals surface area contributed by atoms with Crippen molar-refractivity contribution in [1.82, 2.24) is 9.97 Å². The molecule has 0 bridgehead atoms. The van der Waals surface area contributed by atoms with Crippen LogP contribution in [-0.4, -0.2) is 14.9 Å².